The van der Waals surface area contributed by atoms with E-state index < -0.39 is 0 Å². The first-order valence-corrected chi connectivity index (χ1v) is 5.71. The number of anilines is 1. The van der Waals surface area contributed by atoms with Crippen LogP contribution in [0.3, 0.4) is 0 Å². The second-order valence-corrected chi connectivity index (χ2v) is 4.36. The van der Waals surface area contributed by atoms with Gasteiger partial charge in [-0.1, -0.05) is 6.07 Å². The normalized spacial score (nSPS) is 21.0. The summed E-state index contributed by atoms with van der Waals surface area (Å²) in [5.41, 5.74) is 0. The minimum atomic E-state index is 0.661. The molecule has 2 heterocycles. The third kappa shape index (κ3) is 2.85. The fourth-order valence-electron chi connectivity index (χ4n) is 2.07. The monoisotopic (exact) mass is 221 g/mol. The molecule has 1 aliphatic heterocycles. The Morgan fingerprint density at radius 1 is 1.56 bits per heavy atom. The number of nitrogens with zero attached hydrogens (tertiary/aromatic N) is 2. The molecular weight excluding hydrogens is 202 g/mol. The Hall–Kier alpha value is -1.29. The van der Waals surface area contributed by atoms with Crippen molar-refractivity contribution in [1.82, 2.24) is 9.88 Å². The molecule has 0 bridgehead atoms. The number of nitrogens with one attached hydrogen (secondary N) is 1. The quantitative estimate of drug-likeness (QED) is 0.835. The van der Waals surface area contributed by atoms with Crippen LogP contribution in [-0.2, 0) is 0 Å². The molecule has 0 aliphatic carbocycles. The summed E-state index contributed by atoms with van der Waals surface area (Å²) < 4.78 is 5.08. The van der Waals surface area contributed by atoms with E-state index in [1.54, 1.807) is 7.11 Å². The number of hydrogen-bond acceptors (Lipinski definition) is 4. The standard InChI is InChI=1S/C12H19N3O/c1-15-7-6-10(9-15)8-13-11-4-3-5-12(14-11)16-2/h3-5,10H,6-9H2,1-2H3,(H,13,14). The summed E-state index contributed by atoms with van der Waals surface area (Å²) in [5.74, 6) is 2.29. The third-order valence-corrected chi connectivity index (χ3v) is 2.99. The van der Waals surface area contributed by atoms with Gasteiger partial charge in [0.15, 0.2) is 0 Å². The van der Waals surface area contributed by atoms with Gasteiger partial charge in [-0.3, -0.25) is 0 Å². The zero-order valence-corrected chi connectivity index (χ0v) is 9.94. The van der Waals surface area contributed by atoms with Gasteiger partial charge < -0.3 is 15.0 Å². The highest BCUT2D eigenvalue weighted by molar-refractivity contribution is 5.37. The van der Waals surface area contributed by atoms with Crippen LogP contribution >= 0.6 is 0 Å². The minimum Gasteiger partial charge on any atom is -0.481 e. The first-order chi connectivity index (χ1) is 7.78. The molecule has 0 aromatic carbocycles. The van der Waals surface area contributed by atoms with E-state index in [4.69, 9.17) is 4.74 Å². The van der Waals surface area contributed by atoms with Crippen LogP contribution in [0.5, 0.6) is 5.88 Å². The van der Waals surface area contributed by atoms with Crippen molar-refractivity contribution in [3.8, 4) is 5.88 Å². The summed E-state index contributed by atoms with van der Waals surface area (Å²) in [6.45, 7) is 3.37. The first kappa shape index (κ1) is 11.2. The molecular formula is C12H19N3O. The van der Waals surface area contributed by atoms with Gasteiger partial charge in [-0.05, 0) is 32.0 Å². The molecule has 1 aromatic rings. The summed E-state index contributed by atoms with van der Waals surface area (Å²) in [5, 5.41) is 3.36. The van der Waals surface area contributed by atoms with Crippen molar-refractivity contribution in [3.05, 3.63) is 18.2 Å². The summed E-state index contributed by atoms with van der Waals surface area (Å²) in [4.78, 5) is 6.69. The van der Waals surface area contributed by atoms with Crippen molar-refractivity contribution in [2.75, 3.05) is 39.1 Å². The summed E-state index contributed by atoms with van der Waals surface area (Å²) in [7, 11) is 3.81. The lowest BCUT2D eigenvalue weighted by Crippen LogP contribution is -2.19. The van der Waals surface area contributed by atoms with E-state index in [2.05, 4.69) is 22.2 Å². The van der Waals surface area contributed by atoms with E-state index in [-0.39, 0.29) is 0 Å². The number of ether oxygens (including phenoxy) is 1. The molecule has 1 N–H and O–H groups in total. The van der Waals surface area contributed by atoms with E-state index >= 15 is 0 Å². The van der Waals surface area contributed by atoms with Crippen LogP contribution in [-0.4, -0.2) is 43.7 Å². The lowest BCUT2D eigenvalue weighted by Gasteiger charge is -2.12. The van der Waals surface area contributed by atoms with Crippen LogP contribution in [0.1, 0.15) is 6.42 Å². The Labute approximate surface area is 96.6 Å². The molecule has 2 rings (SSSR count). The Morgan fingerprint density at radius 2 is 2.44 bits per heavy atom. The van der Waals surface area contributed by atoms with Crippen LogP contribution < -0.4 is 10.1 Å². The van der Waals surface area contributed by atoms with Gasteiger partial charge in [0, 0.05) is 19.2 Å². The highest BCUT2D eigenvalue weighted by Crippen LogP contribution is 2.16. The van der Waals surface area contributed by atoms with Crippen LogP contribution in [0, 0.1) is 5.92 Å². The van der Waals surface area contributed by atoms with Crippen LogP contribution in [0.4, 0.5) is 5.82 Å². The molecule has 1 atom stereocenters. The average Bonchev–Trinajstić information content (AvgIpc) is 2.73. The van der Waals surface area contributed by atoms with Gasteiger partial charge in [-0.2, -0.15) is 4.98 Å². The maximum absolute atomic E-state index is 5.08. The molecule has 16 heavy (non-hydrogen) atoms. The van der Waals surface area contributed by atoms with Crippen molar-refractivity contribution in [1.29, 1.82) is 0 Å². The number of aromatic nitrogens is 1. The zero-order chi connectivity index (χ0) is 11.4. The molecule has 88 valence electrons. The fraction of sp³-hybridized carbons (Fsp3) is 0.583. The summed E-state index contributed by atoms with van der Waals surface area (Å²) in [6, 6.07) is 5.78. The maximum Gasteiger partial charge on any atom is 0.214 e. The lowest BCUT2D eigenvalue weighted by atomic mass is 10.1. The molecule has 0 amide bonds. The largest absolute Gasteiger partial charge is 0.481 e. The lowest BCUT2D eigenvalue weighted by molar-refractivity contribution is 0.396. The summed E-state index contributed by atoms with van der Waals surface area (Å²) >= 11 is 0. The van der Waals surface area contributed by atoms with Crippen molar-refractivity contribution < 1.29 is 4.74 Å². The molecule has 1 unspecified atom stereocenters. The summed E-state index contributed by atoms with van der Waals surface area (Å²) in [6.07, 6.45) is 1.27. The average molecular weight is 221 g/mol. The third-order valence-electron chi connectivity index (χ3n) is 2.99. The number of pyridine rings is 1. The second kappa shape index (κ2) is 5.16. The van der Waals surface area contributed by atoms with Gasteiger partial charge in [0.25, 0.3) is 0 Å². The molecule has 0 spiro atoms. The zero-order valence-electron chi connectivity index (χ0n) is 9.94. The Bertz CT molecular complexity index is 343. The highest BCUT2D eigenvalue weighted by Gasteiger charge is 2.18. The predicted molar refractivity (Wildman–Crippen MR) is 64.9 cm³/mol. The van der Waals surface area contributed by atoms with E-state index in [0.29, 0.717) is 5.88 Å². The molecule has 0 saturated carbocycles. The van der Waals surface area contributed by atoms with Crippen LogP contribution in [0.25, 0.3) is 0 Å². The van der Waals surface area contributed by atoms with E-state index in [1.165, 1.54) is 19.5 Å². The van der Waals surface area contributed by atoms with Gasteiger partial charge in [0.05, 0.1) is 7.11 Å². The van der Waals surface area contributed by atoms with Crippen molar-refractivity contribution in [2.45, 2.75) is 6.42 Å². The highest BCUT2D eigenvalue weighted by atomic mass is 16.5. The van der Waals surface area contributed by atoms with Gasteiger partial charge in [0.2, 0.25) is 5.88 Å². The second-order valence-electron chi connectivity index (χ2n) is 4.36. The van der Waals surface area contributed by atoms with E-state index in [9.17, 15) is 0 Å². The first-order valence-electron chi connectivity index (χ1n) is 5.71. The molecule has 4 heteroatoms. The van der Waals surface area contributed by atoms with Crippen molar-refractivity contribution in [3.63, 3.8) is 0 Å². The van der Waals surface area contributed by atoms with Crippen LogP contribution in [0.15, 0.2) is 18.2 Å². The van der Waals surface area contributed by atoms with Gasteiger partial charge in [-0.15, -0.1) is 0 Å². The van der Waals surface area contributed by atoms with Crippen molar-refractivity contribution in [2.24, 2.45) is 5.92 Å². The topological polar surface area (TPSA) is 37.4 Å². The number of likely N-dealkylation sites (tertiary alicyclic amines) is 1. The smallest absolute Gasteiger partial charge is 0.214 e. The fourth-order valence-corrected chi connectivity index (χ4v) is 2.07. The minimum absolute atomic E-state index is 0.661. The van der Waals surface area contributed by atoms with E-state index in [1.807, 2.05) is 18.2 Å². The number of hydrogen-bond donors (Lipinski definition) is 1. The molecule has 1 fully saturated rings. The van der Waals surface area contributed by atoms with Gasteiger partial charge in [-0.25, -0.2) is 0 Å². The number of rotatable bonds is 4. The molecule has 1 aromatic heterocycles. The molecule has 1 aliphatic rings. The molecule has 4 nitrogen and oxygen atoms in total. The van der Waals surface area contributed by atoms with Crippen molar-refractivity contribution >= 4 is 5.82 Å². The van der Waals surface area contributed by atoms with Gasteiger partial charge in [0.1, 0.15) is 5.82 Å². The van der Waals surface area contributed by atoms with Crippen LogP contribution in [0.2, 0.25) is 0 Å². The number of methoxy groups -OCH3 is 1. The Kier molecular flexibility index (Phi) is 3.62. The molecule has 0 radical (unpaired) electrons. The maximum atomic E-state index is 5.08. The molecule has 1 saturated heterocycles. The Balaban J connectivity index is 1.84. The predicted octanol–water partition coefficient (Wildman–Crippen LogP) is 1.45. The van der Waals surface area contributed by atoms with Gasteiger partial charge >= 0.3 is 0 Å². The Morgan fingerprint density at radius 3 is 3.12 bits per heavy atom. The van der Waals surface area contributed by atoms with E-state index in [0.717, 1.165) is 18.3 Å². The SMILES string of the molecule is COc1cccc(NCC2CCN(C)C2)n1.